The smallest absolute Gasteiger partial charge is 0.420 e. The van der Waals surface area contributed by atoms with Crippen molar-refractivity contribution in [1.82, 2.24) is 24.7 Å². The maximum Gasteiger partial charge on any atom is 0.420 e. The molecular weight excluding hydrogens is 577 g/mol. The van der Waals surface area contributed by atoms with Crippen LogP contribution in [0.4, 0.5) is 29.5 Å². The van der Waals surface area contributed by atoms with E-state index in [0.717, 1.165) is 23.1 Å². The third kappa shape index (κ3) is 6.26. The first kappa shape index (κ1) is 30.3. The van der Waals surface area contributed by atoms with Crippen LogP contribution >= 0.6 is 0 Å². The lowest BCUT2D eigenvalue weighted by Gasteiger charge is -2.27. The summed E-state index contributed by atoms with van der Waals surface area (Å²) in [6.45, 7) is 6.80. The van der Waals surface area contributed by atoms with E-state index in [0.29, 0.717) is 10.9 Å². The van der Waals surface area contributed by atoms with Gasteiger partial charge in [-0.15, -0.1) is 0 Å². The monoisotopic (exact) mass is 606 g/mol. The molecule has 0 unspecified atom stereocenters. The minimum absolute atomic E-state index is 0.0559. The summed E-state index contributed by atoms with van der Waals surface area (Å²) in [4.78, 5) is 27.1. The van der Waals surface area contributed by atoms with Gasteiger partial charge in [-0.25, -0.2) is 33.4 Å². The second kappa shape index (κ2) is 12.2. The Labute approximate surface area is 251 Å². The summed E-state index contributed by atoms with van der Waals surface area (Å²) in [7, 11) is 1.37. The molecule has 44 heavy (non-hydrogen) atoms. The van der Waals surface area contributed by atoms with E-state index in [1.54, 1.807) is 52.0 Å². The molecule has 0 atom stereocenters. The first-order chi connectivity index (χ1) is 21.0. The first-order valence-corrected chi connectivity index (χ1v) is 13.6. The van der Waals surface area contributed by atoms with E-state index >= 15 is 0 Å². The van der Waals surface area contributed by atoms with E-state index in [2.05, 4.69) is 20.1 Å². The van der Waals surface area contributed by atoms with Crippen molar-refractivity contribution in [3.05, 3.63) is 84.1 Å². The van der Waals surface area contributed by atoms with Crippen molar-refractivity contribution in [3.63, 3.8) is 0 Å². The molecule has 5 aromatic rings. The number of pyridine rings is 1. The molecule has 0 aliphatic rings. The number of anilines is 2. The maximum atomic E-state index is 15.0. The highest BCUT2D eigenvalue weighted by Gasteiger charge is 2.30. The molecule has 0 saturated carbocycles. The largest absolute Gasteiger partial charge is 0.494 e. The van der Waals surface area contributed by atoms with Crippen LogP contribution in [0.5, 0.6) is 11.5 Å². The molecule has 0 N–H and O–H groups in total. The number of para-hydroxylation sites is 1. The number of carbonyl (C=O) groups is 1. The Morgan fingerprint density at radius 2 is 1.75 bits per heavy atom. The number of nitrogens with zero attached hydrogens (tertiary/aromatic N) is 6. The average Bonchev–Trinajstić information content (AvgIpc) is 3.33. The first-order valence-electron chi connectivity index (χ1n) is 13.6. The normalized spacial score (nSPS) is 11.5. The van der Waals surface area contributed by atoms with Crippen LogP contribution in [-0.2, 0) is 11.3 Å². The molecule has 13 heteroatoms. The predicted octanol–water partition coefficient (Wildman–Crippen LogP) is 6.83. The Kier molecular flexibility index (Phi) is 8.39. The van der Waals surface area contributed by atoms with Crippen LogP contribution in [0.1, 0.15) is 33.3 Å². The van der Waals surface area contributed by atoms with E-state index in [4.69, 9.17) is 14.2 Å². The van der Waals surface area contributed by atoms with Crippen molar-refractivity contribution in [2.24, 2.45) is 0 Å². The molecule has 0 aliphatic carbocycles. The van der Waals surface area contributed by atoms with Crippen LogP contribution in [0.25, 0.3) is 22.4 Å². The highest BCUT2D eigenvalue weighted by Crippen LogP contribution is 2.36. The van der Waals surface area contributed by atoms with Gasteiger partial charge in [0.05, 0.1) is 37.7 Å². The standard InChI is InChI=1S/C31H29F3N6O4/c1-6-43-19-14-22(32)21(23(33)15-19)17-39-24-10-8-7-9-20(24)27(38-39)28-36-16-25(42-5)29(37-28)40(30(41)44-31(2,3)4)18-11-12-35-26(34)13-18/h7-16H,6,17H2,1-5H3. The summed E-state index contributed by atoms with van der Waals surface area (Å²) < 4.78 is 61.9. The molecule has 228 valence electrons. The summed E-state index contributed by atoms with van der Waals surface area (Å²) in [6.07, 6.45) is 1.68. The third-order valence-electron chi connectivity index (χ3n) is 6.32. The Hall–Kier alpha value is -5.20. The molecule has 0 fully saturated rings. The molecule has 10 nitrogen and oxygen atoms in total. The summed E-state index contributed by atoms with van der Waals surface area (Å²) in [5.41, 5.74) is -0.214. The number of hydrogen-bond acceptors (Lipinski definition) is 8. The molecule has 2 aromatic carbocycles. The fourth-order valence-corrected chi connectivity index (χ4v) is 4.48. The van der Waals surface area contributed by atoms with E-state index in [9.17, 15) is 18.0 Å². The molecule has 3 heterocycles. The lowest BCUT2D eigenvalue weighted by atomic mass is 10.1. The zero-order valence-electron chi connectivity index (χ0n) is 24.6. The van der Waals surface area contributed by atoms with Crippen LogP contribution in [0, 0.1) is 17.6 Å². The highest BCUT2D eigenvalue weighted by atomic mass is 19.1. The van der Waals surface area contributed by atoms with Crippen LogP contribution in [0.3, 0.4) is 0 Å². The number of rotatable bonds is 8. The molecule has 3 aromatic heterocycles. The average molecular weight is 607 g/mol. The fraction of sp³-hybridized carbons (Fsp3) is 0.258. The maximum absolute atomic E-state index is 15.0. The van der Waals surface area contributed by atoms with Crippen LogP contribution in [-0.4, -0.2) is 50.1 Å². The number of hydrogen-bond donors (Lipinski definition) is 0. The molecular formula is C31H29F3N6O4. The van der Waals surface area contributed by atoms with Gasteiger partial charge < -0.3 is 14.2 Å². The van der Waals surface area contributed by atoms with Crippen molar-refractivity contribution in [2.45, 2.75) is 39.8 Å². The van der Waals surface area contributed by atoms with Gasteiger partial charge in [-0.05, 0) is 39.8 Å². The van der Waals surface area contributed by atoms with Crippen LogP contribution in [0.2, 0.25) is 0 Å². The number of halogens is 3. The number of methoxy groups -OCH3 is 1. The Morgan fingerprint density at radius 3 is 2.41 bits per heavy atom. The van der Waals surface area contributed by atoms with Crippen molar-refractivity contribution in [3.8, 4) is 23.0 Å². The van der Waals surface area contributed by atoms with Crippen LogP contribution in [0.15, 0.2) is 60.9 Å². The van der Waals surface area contributed by atoms with Crippen LogP contribution < -0.4 is 14.4 Å². The number of benzene rings is 2. The Morgan fingerprint density at radius 1 is 1.02 bits per heavy atom. The molecule has 0 radical (unpaired) electrons. The van der Waals surface area contributed by atoms with Crippen molar-refractivity contribution in [1.29, 1.82) is 0 Å². The Bertz CT molecular complexity index is 1820. The predicted molar refractivity (Wildman–Crippen MR) is 157 cm³/mol. The van der Waals surface area contributed by atoms with Gasteiger partial charge >= 0.3 is 6.09 Å². The zero-order chi connectivity index (χ0) is 31.6. The molecule has 1 amide bonds. The van der Waals surface area contributed by atoms with Gasteiger partial charge in [0.15, 0.2) is 17.4 Å². The molecule has 0 spiro atoms. The van der Waals surface area contributed by atoms with Gasteiger partial charge in [0.2, 0.25) is 5.95 Å². The molecule has 0 bridgehead atoms. The highest BCUT2D eigenvalue weighted by molar-refractivity contribution is 5.97. The summed E-state index contributed by atoms with van der Waals surface area (Å²) in [6, 6.07) is 11.8. The van der Waals surface area contributed by atoms with E-state index < -0.39 is 29.3 Å². The van der Waals surface area contributed by atoms with Crippen molar-refractivity contribution < 1.29 is 32.2 Å². The zero-order valence-corrected chi connectivity index (χ0v) is 24.6. The van der Waals surface area contributed by atoms with Gasteiger partial charge in [-0.3, -0.25) is 4.68 Å². The minimum Gasteiger partial charge on any atom is -0.494 e. The number of amides is 1. The van der Waals surface area contributed by atoms with E-state index in [1.165, 1.54) is 30.3 Å². The number of aromatic nitrogens is 5. The molecule has 0 saturated heterocycles. The lowest BCUT2D eigenvalue weighted by molar-refractivity contribution is 0.0597. The lowest BCUT2D eigenvalue weighted by Crippen LogP contribution is -2.34. The van der Waals surface area contributed by atoms with Crippen molar-refractivity contribution in [2.75, 3.05) is 18.6 Å². The van der Waals surface area contributed by atoms with Gasteiger partial charge in [0.25, 0.3) is 0 Å². The number of fused-ring (bicyclic) bond motifs is 1. The molecule has 0 aliphatic heterocycles. The topological polar surface area (TPSA) is 104 Å². The minimum atomic E-state index is -0.898. The number of ether oxygens (including phenoxy) is 3. The van der Waals surface area contributed by atoms with E-state index in [-0.39, 0.29) is 53.2 Å². The Balaban J connectivity index is 1.64. The van der Waals surface area contributed by atoms with Gasteiger partial charge in [0, 0.05) is 35.3 Å². The summed E-state index contributed by atoms with van der Waals surface area (Å²) in [5.74, 6) is -2.22. The second-order valence-corrected chi connectivity index (χ2v) is 10.6. The molecule has 5 rings (SSSR count). The number of carbonyl (C=O) groups excluding carboxylic acids is 1. The summed E-state index contributed by atoms with van der Waals surface area (Å²) >= 11 is 0. The quantitative estimate of drug-likeness (QED) is 0.177. The van der Waals surface area contributed by atoms with Gasteiger partial charge in [-0.1, -0.05) is 18.2 Å². The second-order valence-electron chi connectivity index (χ2n) is 10.6. The third-order valence-corrected chi connectivity index (χ3v) is 6.32. The van der Waals surface area contributed by atoms with Crippen molar-refractivity contribution >= 4 is 28.5 Å². The van der Waals surface area contributed by atoms with Gasteiger partial charge in [0.1, 0.15) is 28.7 Å². The fourth-order valence-electron chi connectivity index (χ4n) is 4.48. The van der Waals surface area contributed by atoms with Gasteiger partial charge in [-0.2, -0.15) is 9.49 Å². The summed E-state index contributed by atoms with van der Waals surface area (Å²) in [5, 5.41) is 5.20. The van der Waals surface area contributed by atoms with E-state index in [1.807, 2.05) is 0 Å². The SMILES string of the molecule is CCOc1cc(F)c(Cn2nc(-c3ncc(OC)c(N(C(=O)OC(C)(C)C)c4ccnc(F)c4)n3)c3ccccc32)c(F)c1.